The second-order valence-electron chi connectivity index (χ2n) is 10.4. The first-order valence-electron chi connectivity index (χ1n) is 9.72. The fourth-order valence-corrected chi connectivity index (χ4v) is 5.67. The van der Waals surface area contributed by atoms with E-state index in [1.807, 2.05) is 6.92 Å². The molecule has 0 spiro atoms. The van der Waals surface area contributed by atoms with E-state index in [9.17, 15) is 9.59 Å². The molecule has 0 radical (unpaired) electrons. The lowest BCUT2D eigenvalue weighted by Gasteiger charge is -2.44. The summed E-state index contributed by atoms with van der Waals surface area (Å²) in [7, 11) is 5.04. The quantitative estimate of drug-likeness (QED) is 0.410. The van der Waals surface area contributed by atoms with Gasteiger partial charge in [-0.25, -0.2) is 0 Å². The molecular weight excluding hydrogens is 378 g/mol. The zero-order valence-corrected chi connectivity index (χ0v) is 20.3. The fourth-order valence-electron chi connectivity index (χ4n) is 4.56. The Hall–Kier alpha value is -0.280. The van der Waals surface area contributed by atoms with Gasteiger partial charge in [0.25, 0.3) is 0 Å². The summed E-state index contributed by atoms with van der Waals surface area (Å²) in [4.78, 5) is 25.7. The minimum atomic E-state index is -0.515. The van der Waals surface area contributed by atoms with Gasteiger partial charge in [0.2, 0.25) is 11.8 Å². The molecule has 158 valence electrons. The maximum absolute atomic E-state index is 12.9. The van der Waals surface area contributed by atoms with E-state index >= 15 is 0 Å². The molecule has 1 fully saturated rings. The summed E-state index contributed by atoms with van der Waals surface area (Å²) in [5.41, 5.74) is -0.297. The van der Waals surface area contributed by atoms with E-state index < -0.39 is 12.1 Å². The van der Waals surface area contributed by atoms with Crippen molar-refractivity contribution >= 4 is 30.6 Å². The molecule has 0 aromatic heterocycles. The predicted molar refractivity (Wildman–Crippen MR) is 119 cm³/mol. The second kappa shape index (κ2) is 9.48. The molecule has 1 rings (SSSR count). The van der Waals surface area contributed by atoms with Crippen LogP contribution in [0.15, 0.2) is 0 Å². The molecule has 2 amide bonds. The first-order chi connectivity index (χ1) is 12.2. The molecule has 0 saturated carbocycles. The van der Waals surface area contributed by atoms with Crippen molar-refractivity contribution < 1.29 is 9.59 Å². The van der Waals surface area contributed by atoms with Gasteiger partial charge in [0, 0.05) is 13.1 Å². The third-order valence-electron chi connectivity index (χ3n) is 5.45. The Bertz CT molecular complexity index is 538. The molecule has 0 aromatic carbocycles. The Morgan fingerprint density at radius 3 is 1.96 bits per heavy atom. The van der Waals surface area contributed by atoms with E-state index in [4.69, 9.17) is 0 Å². The van der Waals surface area contributed by atoms with Crippen molar-refractivity contribution in [1.82, 2.24) is 20.8 Å². The van der Waals surface area contributed by atoms with Crippen molar-refractivity contribution in [2.75, 3.05) is 13.1 Å². The number of piperazine rings is 1. The Morgan fingerprint density at radius 2 is 1.44 bits per heavy atom. The molecule has 1 heterocycles. The highest BCUT2D eigenvalue weighted by Crippen LogP contribution is 2.37. The molecule has 1 saturated heterocycles. The number of amides is 2. The number of hydrogen-bond acceptors (Lipinski definition) is 4. The molecule has 8 heteroatoms. The van der Waals surface area contributed by atoms with E-state index in [2.05, 4.69) is 81.1 Å². The first kappa shape index (κ1) is 24.8. The number of carbonyl (C=O) groups excluding carboxylic acids is 2. The molecular formula is C19H40N4O2P2. The van der Waals surface area contributed by atoms with Crippen LogP contribution in [0.1, 0.15) is 61.3 Å². The monoisotopic (exact) mass is 418 g/mol. The van der Waals surface area contributed by atoms with Gasteiger partial charge in [0.05, 0.1) is 0 Å². The Kier molecular flexibility index (Phi) is 8.69. The van der Waals surface area contributed by atoms with Gasteiger partial charge in [-0.1, -0.05) is 67.2 Å². The number of nitrogens with one attached hydrogen (secondary N) is 4. The highest BCUT2D eigenvalue weighted by atomic mass is 31.0. The standard InChI is InChI=1S/C19H40N4O2P2/c1-12(8-17(2,3)10-20-26)13-15(24)23-14(16(25)22-13)19(6,7)9-18(4,5)11-21-27/h12-14,20-21H,8-11,26-27H2,1-7H3,(H,22,25)(H,23,24). The zero-order chi connectivity index (χ0) is 21.0. The van der Waals surface area contributed by atoms with Crippen LogP contribution in [-0.4, -0.2) is 37.0 Å². The fraction of sp³-hybridized carbons (Fsp3) is 0.895. The highest BCUT2D eigenvalue weighted by Gasteiger charge is 2.46. The summed E-state index contributed by atoms with van der Waals surface area (Å²) >= 11 is 0. The average Bonchev–Trinajstić information content (AvgIpc) is 2.46. The van der Waals surface area contributed by atoms with Gasteiger partial charge in [0.1, 0.15) is 12.1 Å². The van der Waals surface area contributed by atoms with Crippen LogP contribution in [0, 0.1) is 22.2 Å². The van der Waals surface area contributed by atoms with Gasteiger partial charge in [-0.2, -0.15) is 0 Å². The van der Waals surface area contributed by atoms with E-state index in [-0.39, 0.29) is 34.0 Å². The van der Waals surface area contributed by atoms with E-state index in [0.717, 1.165) is 25.9 Å². The first-order valence-corrected chi connectivity index (χ1v) is 10.9. The van der Waals surface area contributed by atoms with Gasteiger partial charge in [-0.3, -0.25) is 9.59 Å². The lowest BCUT2D eigenvalue weighted by atomic mass is 9.70. The Balaban J connectivity index is 2.83. The summed E-state index contributed by atoms with van der Waals surface area (Å²) in [6, 6.07) is -0.992. The summed E-state index contributed by atoms with van der Waals surface area (Å²) in [6.45, 7) is 16.5. The predicted octanol–water partition coefficient (Wildman–Crippen LogP) is 2.22. The Labute approximate surface area is 170 Å². The second-order valence-corrected chi connectivity index (χ2v) is 11.2. The van der Waals surface area contributed by atoms with Gasteiger partial charge < -0.3 is 20.8 Å². The molecule has 5 unspecified atom stereocenters. The summed E-state index contributed by atoms with van der Waals surface area (Å²) in [5, 5.41) is 12.3. The molecule has 1 aliphatic heterocycles. The van der Waals surface area contributed by atoms with Crippen LogP contribution >= 0.6 is 18.8 Å². The van der Waals surface area contributed by atoms with Gasteiger partial charge in [0.15, 0.2) is 0 Å². The molecule has 0 bridgehead atoms. The average molecular weight is 419 g/mol. The normalized spacial score (nSPS) is 23.0. The topological polar surface area (TPSA) is 82.3 Å². The number of rotatable bonds is 10. The van der Waals surface area contributed by atoms with Crippen LogP contribution in [0.5, 0.6) is 0 Å². The smallest absolute Gasteiger partial charge is 0.243 e. The lowest BCUT2D eigenvalue weighted by molar-refractivity contribution is -0.141. The van der Waals surface area contributed by atoms with Gasteiger partial charge >= 0.3 is 0 Å². The third kappa shape index (κ3) is 7.24. The van der Waals surface area contributed by atoms with Crippen LogP contribution in [0.3, 0.4) is 0 Å². The molecule has 0 aromatic rings. The maximum atomic E-state index is 12.9. The molecule has 27 heavy (non-hydrogen) atoms. The summed E-state index contributed by atoms with van der Waals surface area (Å²) in [6.07, 6.45) is 1.65. The third-order valence-corrected chi connectivity index (χ3v) is 5.86. The van der Waals surface area contributed by atoms with E-state index in [1.54, 1.807) is 0 Å². The molecule has 0 aliphatic carbocycles. The highest BCUT2D eigenvalue weighted by molar-refractivity contribution is 7.13. The number of hydrogen-bond donors (Lipinski definition) is 4. The molecule has 1 aliphatic rings. The van der Waals surface area contributed by atoms with Crippen LogP contribution in [0.25, 0.3) is 0 Å². The largest absolute Gasteiger partial charge is 0.342 e. The molecule has 6 nitrogen and oxygen atoms in total. The maximum Gasteiger partial charge on any atom is 0.243 e. The van der Waals surface area contributed by atoms with Crippen molar-refractivity contribution in [3.05, 3.63) is 0 Å². The van der Waals surface area contributed by atoms with Gasteiger partial charge in [-0.15, -0.1) is 0 Å². The van der Waals surface area contributed by atoms with E-state index in [0.29, 0.717) is 0 Å². The zero-order valence-electron chi connectivity index (χ0n) is 18.0. The van der Waals surface area contributed by atoms with Crippen LogP contribution in [0.4, 0.5) is 0 Å². The van der Waals surface area contributed by atoms with E-state index in [1.165, 1.54) is 0 Å². The minimum absolute atomic E-state index is 0.00951. The lowest BCUT2D eigenvalue weighted by Crippen LogP contribution is -2.67. The van der Waals surface area contributed by atoms with Crippen LogP contribution in [-0.2, 0) is 9.59 Å². The van der Waals surface area contributed by atoms with Crippen molar-refractivity contribution in [3.8, 4) is 0 Å². The molecule has 4 N–H and O–H groups in total. The molecule has 5 atom stereocenters. The summed E-state index contributed by atoms with van der Waals surface area (Å²) in [5.74, 6) is -0.0889. The Morgan fingerprint density at radius 1 is 0.926 bits per heavy atom. The van der Waals surface area contributed by atoms with Crippen molar-refractivity contribution in [1.29, 1.82) is 0 Å². The SMILES string of the molecule is CC(CC(C)(C)CNP)C1NC(=O)C(C(C)(C)CC(C)(C)CNP)NC1=O. The number of carbonyl (C=O) groups is 2. The van der Waals surface area contributed by atoms with Crippen molar-refractivity contribution in [2.24, 2.45) is 22.2 Å². The van der Waals surface area contributed by atoms with Crippen molar-refractivity contribution in [2.45, 2.75) is 73.4 Å². The van der Waals surface area contributed by atoms with Crippen LogP contribution < -0.4 is 20.8 Å². The van der Waals surface area contributed by atoms with Crippen molar-refractivity contribution in [3.63, 3.8) is 0 Å². The minimum Gasteiger partial charge on any atom is -0.342 e. The summed E-state index contributed by atoms with van der Waals surface area (Å²) < 4.78 is 0. The van der Waals surface area contributed by atoms with Crippen LogP contribution in [0.2, 0.25) is 0 Å². The van der Waals surface area contributed by atoms with Gasteiger partial charge in [-0.05, 0) is 35.0 Å².